The van der Waals surface area contributed by atoms with Crippen LogP contribution in [0.4, 0.5) is 0 Å². The van der Waals surface area contributed by atoms with Gasteiger partial charge in [-0.3, -0.25) is 0 Å². The third kappa shape index (κ3) is 1.97. The van der Waals surface area contributed by atoms with Crippen LogP contribution < -0.4 is 5.73 Å². The fraction of sp³-hybridized carbons (Fsp3) is 0.200. The van der Waals surface area contributed by atoms with Crippen molar-refractivity contribution in [3.8, 4) is 11.5 Å². The molecule has 1 atom stereocenters. The molecule has 0 saturated heterocycles. The highest BCUT2D eigenvalue weighted by Gasteiger charge is 2.14. The summed E-state index contributed by atoms with van der Waals surface area (Å²) in [5, 5.41) is 3.83. The number of rotatable bonds is 4. The molecule has 1 unspecified atom stereocenters. The van der Waals surface area contributed by atoms with Crippen LogP contribution in [-0.2, 0) is 0 Å². The van der Waals surface area contributed by atoms with Crippen LogP contribution in [-0.4, -0.2) is 15.1 Å². The smallest absolute Gasteiger partial charge is 0.244 e. The molecule has 2 rings (SSSR count). The zero-order chi connectivity index (χ0) is 10.7. The molecule has 0 radical (unpaired) electrons. The van der Waals surface area contributed by atoms with Gasteiger partial charge < -0.3 is 15.2 Å². The first-order chi connectivity index (χ1) is 7.31. The van der Waals surface area contributed by atoms with Crippen molar-refractivity contribution in [2.24, 2.45) is 5.73 Å². The van der Waals surface area contributed by atoms with Gasteiger partial charge >= 0.3 is 0 Å². The largest absolute Gasteiger partial charge is 0.359 e. The molecule has 2 heterocycles. The van der Waals surface area contributed by atoms with E-state index in [1.54, 1.807) is 12.3 Å². The lowest BCUT2D eigenvalue weighted by Crippen LogP contribution is -2.09. The lowest BCUT2D eigenvalue weighted by molar-refractivity contribution is 0.356. The van der Waals surface area contributed by atoms with E-state index >= 15 is 0 Å². The van der Waals surface area contributed by atoms with Gasteiger partial charge in [0, 0.05) is 6.20 Å². The second-order valence-corrected chi connectivity index (χ2v) is 3.17. The fourth-order valence-electron chi connectivity index (χ4n) is 1.25. The van der Waals surface area contributed by atoms with E-state index < -0.39 is 0 Å². The average Bonchev–Trinajstić information content (AvgIpc) is 2.89. The van der Waals surface area contributed by atoms with Gasteiger partial charge in [0.25, 0.3) is 0 Å². The lowest BCUT2D eigenvalue weighted by Gasteiger charge is -1.99. The number of aromatic nitrogens is 3. The zero-order valence-electron chi connectivity index (χ0n) is 8.18. The molecule has 3 N–H and O–H groups in total. The van der Waals surface area contributed by atoms with Gasteiger partial charge in [0.15, 0.2) is 0 Å². The molecule has 5 heteroatoms. The van der Waals surface area contributed by atoms with Gasteiger partial charge in [-0.25, -0.2) is 0 Å². The van der Waals surface area contributed by atoms with Crippen LogP contribution in [0, 0.1) is 0 Å². The monoisotopic (exact) mass is 204 g/mol. The number of hydrogen-bond donors (Lipinski definition) is 2. The summed E-state index contributed by atoms with van der Waals surface area (Å²) in [7, 11) is 0. The number of nitrogens with zero attached hydrogens (tertiary/aromatic N) is 2. The molecule has 0 fully saturated rings. The molecule has 5 nitrogen and oxygen atoms in total. The predicted molar refractivity (Wildman–Crippen MR) is 55.8 cm³/mol. The molecule has 0 saturated carbocycles. The summed E-state index contributed by atoms with van der Waals surface area (Å²) in [5.41, 5.74) is 6.61. The number of aromatic amines is 1. The molecular weight excluding hydrogens is 192 g/mol. The fourth-order valence-corrected chi connectivity index (χ4v) is 1.25. The van der Waals surface area contributed by atoms with Crippen LogP contribution in [0.25, 0.3) is 11.5 Å². The number of H-pyrrole nitrogens is 1. The summed E-state index contributed by atoms with van der Waals surface area (Å²) < 4.78 is 5.05. The van der Waals surface area contributed by atoms with E-state index in [1.807, 2.05) is 12.1 Å². The standard InChI is InChI=1S/C10H12N4O/c1-2-4-7(11)10-13-9(14-15-10)8-5-3-6-12-8/h2-3,5-7,12H,1,4,11H2. The Morgan fingerprint density at radius 3 is 3.20 bits per heavy atom. The van der Waals surface area contributed by atoms with E-state index in [-0.39, 0.29) is 6.04 Å². The maximum atomic E-state index is 5.79. The minimum Gasteiger partial charge on any atom is -0.359 e. The highest BCUT2D eigenvalue weighted by Crippen LogP contribution is 2.17. The molecule has 0 spiro atoms. The molecule has 0 aliphatic rings. The van der Waals surface area contributed by atoms with Crippen molar-refractivity contribution >= 4 is 0 Å². The summed E-state index contributed by atoms with van der Waals surface area (Å²) in [4.78, 5) is 7.18. The first kappa shape index (κ1) is 9.67. The molecule has 0 amide bonds. The van der Waals surface area contributed by atoms with E-state index in [1.165, 1.54) is 0 Å². The molecular formula is C10H12N4O. The van der Waals surface area contributed by atoms with Crippen LogP contribution >= 0.6 is 0 Å². The van der Waals surface area contributed by atoms with Crippen LogP contribution in [0.2, 0.25) is 0 Å². The molecule has 78 valence electrons. The SMILES string of the molecule is C=CCC(N)c1nc(-c2ccc[nH]2)no1. The van der Waals surface area contributed by atoms with E-state index in [9.17, 15) is 0 Å². The van der Waals surface area contributed by atoms with Gasteiger partial charge in [0.05, 0.1) is 11.7 Å². The first-order valence-electron chi connectivity index (χ1n) is 4.65. The van der Waals surface area contributed by atoms with E-state index in [4.69, 9.17) is 10.3 Å². The van der Waals surface area contributed by atoms with Gasteiger partial charge in [0.1, 0.15) is 0 Å². The van der Waals surface area contributed by atoms with E-state index in [2.05, 4.69) is 21.7 Å². The third-order valence-corrected chi connectivity index (χ3v) is 2.02. The molecule has 0 aromatic carbocycles. The molecule has 0 aliphatic carbocycles. The Morgan fingerprint density at radius 2 is 2.53 bits per heavy atom. The Balaban J connectivity index is 2.20. The second kappa shape index (κ2) is 4.10. The Hall–Kier alpha value is -1.88. The highest BCUT2D eigenvalue weighted by atomic mass is 16.5. The van der Waals surface area contributed by atoms with Crippen molar-refractivity contribution < 1.29 is 4.52 Å². The zero-order valence-corrected chi connectivity index (χ0v) is 8.18. The normalized spacial score (nSPS) is 12.6. The maximum absolute atomic E-state index is 5.79. The summed E-state index contributed by atoms with van der Waals surface area (Å²) >= 11 is 0. The van der Waals surface area contributed by atoms with Crippen molar-refractivity contribution in [2.45, 2.75) is 12.5 Å². The Morgan fingerprint density at radius 1 is 1.67 bits per heavy atom. The van der Waals surface area contributed by atoms with Crippen molar-refractivity contribution in [2.75, 3.05) is 0 Å². The highest BCUT2D eigenvalue weighted by molar-refractivity contribution is 5.47. The molecule has 0 bridgehead atoms. The van der Waals surface area contributed by atoms with Crippen molar-refractivity contribution in [3.05, 3.63) is 36.9 Å². The third-order valence-electron chi connectivity index (χ3n) is 2.02. The number of hydrogen-bond acceptors (Lipinski definition) is 4. The number of nitrogens with one attached hydrogen (secondary N) is 1. The number of nitrogens with two attached hydrogens (primary N) is 1. The second-order valence-electron chi connectivity index (χ2n) is 3.17. The van der Waals surface area contributed by atoms with E-state index in [0.717, 1.165) is 5.69 Å². The Bertz CT molecular complexity index is 432. The average molecular weight is 204 g/mol. The van der Waals surface area contributed by atoms with Gasteiger partial charge in [-0.05, 0) is 18.6 Å². The van der Waals surface area contributed by atoms with E-state index in [0.29, 0.717) is 18.1 Å². The molecule has 2 aromatic rings. The molecule has 0 aliphatic heterocycles. The quantitative estimate of drug-likeness (QED) is 0.742. The van der Waals surface area contributed by atoms with Crippen molar-refractivity contribution in [1.82, 2.24) is 15.1 Å². The first-order valence-corrected chi connectivity index (χ1v) is 4.65. The van der Waals surface area contributed by atoms with Gasteiger partial charge in [-0.15, -0.1) is 6.58 Å². The van der Waals surface area contributed by atoms with Gasteiger partial charge in [-0.2, -0.15) is 4.98 Å². The predicted octanol–water partition coefficient (Wildman–Crippen LogP) is 1.64. The Kier molecular flexibility index (Phi) is 2.64. The van der Waals surface area contributed by atoms with Crippen LogP contribution in [0.1, 0.15) is 18.4 Å². The summed E-state index contributed by atoms with van der Waals surface area (Å²) in [6, 6.07) is 3.46. The minimum atomic E-state index is -0.279. The van der Waals surface area contributed by atoms with Crippen LogP contribution in [0.3, 0.4) is 0 Å². The topological polar surface area (TPSA) is 80.7 Å². The molecule has 2 aromatic heterocycles. The van der Waals surface area contributed by atoms with Crippen molar-refractivity contribution in [1.29, 1.82) is 0 Å². The summed E-state index contributed by atoms with van der Waals surface area (Å²) in [6.45, 7) is 3.61. The summed E-state index contributed by atoms with van der Waals surface area (Å²) in [6.07, 6.45) is 4.14. The summed E-state index contributed by atoms with van der Waals surface area (Å²) in [5.74, 6) is 0.953. The van der Waals surface area contributed by atoms with Gasteiger partial charge in [-0.1, -0.05) is 11.2 Å². The van der Waals surface area contributed by atoms with Crippen LogP contribution in [0.15, 0.2) is 35.5 Å². The van der Waals surface area contributed by atoms with Gasteiger partial charge in [0.2, 0.25) is 11.7 Å². The lowest BCUT2D eigenvalue weighted by atomic mass is 10.2. The maximum Gasteiger partial charge on any atom is 0.244 e. The minimum absolute atomic E-state index is 0.279. The Labute approximate surface area is 87.0 Å². The van der Waals surface area contributed by atoms with Crippen LogP contribution in [0.5, 0.6) is 0 Å². The molecule has 15 heavy (non-hydrogen) atoms. The van der Waals surface area contributed by atoms with Crippen molar-refractivity contribution in [3.63, 3.8) is 0 Å².